The van der Waals surface area contributed by atoms with Gasteiger partial charge in [0, 0.05) is 25.2 Å². The highest BCUT2D eigenvalue weighted by Crippen LogP contribution is 2.28. The summed E-state index contributed by atoms with van der Waals surface area (Å²) in [5.41, 5.74) is -0.445. The van der Waals surface area contributed by atoms with E-state index >= 15 is 0 Å². The third-order valence-corrected chi connectivity index (χ3v) is 4.09. The third kappa shape index (κ3) is 3.96. The summed E-state index contributed by atoms with van der Waals surface area (Å²) in [5, 5.41) is 12.8. The van der Waals surface area contributed by atoms with Gasteiger partial charge in [-0.25, -0.2) is 0 Å². The highest BCUT2D eigenvalue weighted by Gasteiger charge is 2.34. The fraction of sp³-hybridized carbons (Fsp3) is 0.933. The molecule has 0 bridgehead atoms. The zero-order chi connectivity index (χ0) is 13.9. The maximum atomic E-state index is 9.44. The fourth-order valence-corrected chi connectivity index (χ4v) is 3.20. The van der Waals surface area contributed by atoms with Crippen molar-refractivity contribution >= 4 is 0 Å². The number of nitrogens with one attached hydrogen (secondary N) is 1. The smallest absolute Gasteiger partial charge is 0.116 e. The maximum Gasteiger partial charge on any atom is 0.116 e. The van der Waals surface area contributed by atoms with Crippen molar-refractivity contribution in [3.63, 3.8) is 0 Å². The summed E-state index contributed by atoms with van der Waals surface area (Å²) >= 11 is 0. The zero-order valence-corrected chi connectivity index (χ0v) is 12.8. The molecular weight excluding hydrogens is 222 g/mol. The first-order chi connectivity index (χ1) is 8.27. The summed E-state index contributed by atoms with van der Waals surface area (Å²) in [6, 6.07) is 3.36. The molecule has 0 radical (unpaired) electrons. The molecule has 104 valence electrons. The highest BCUT2D eigenvalue weighted by molar-refractivity contribution is 5.07. The minimum atomic E-state index is -0.445. The lowest BCUT2D eigenvalue weighted by molar-refractivity contribution is 0.0617. The lowest BCUT2D eigenvalue weighted by Crippen LogP contribution is -2.57. The Morgan fingerprint density at radius 3 is 2.50 bits per heavy atom. The van der Waals surface area contributed by atoms with Crippen LogP contribution >= 0.6 is 0 Å². The SMILES string of the molecule is CC1CC(C)C(C)N(CC(C)(C#N)NC(C)C)C1. The zero-order valence-electron chi connectivity index (χ0n) is 12.8. The molecule has 1 heterocycles. The van der Waals surface area contributed by atoms with E-state index in [1.807, 2.05) is 6.92 Å². The number of piperidine rings is 1. The van der Waals surface area contributed by atoms with Gasteiger partial charge in [-0.05, 0) is 46.0 Å². The van der Waals surface area contributed by atoms with Gasteiger partial charge in [0.05, 0.1) is 6.07 Å². The number of nitrogens with zero attached hydrogens (tertiary/aromatic N) is 2. The molecule has 1 aliphatic heterocycles. The second-order valence-corrected chi connectivity index (χ2v) is 6.73. The molecule has 4 atom stereocenters. The van der Waals surface area contributed by atoms with Crippen LogP contribution in [0.15, 0.2) is 0 Å². The second-order valence-electron chi connectivity index (χ2n) is 6.73. The summed E-state index contributed by atoms with van der Waals surface area (Å²) in [7, 11) is 0. The molecule has 0 aliphatic carbocycles. The molecule has 0 saturated carbocycles. The number of hydrogen-bond donors (Lipinski definition) is 1. The van der Waals surface area contributed by atoms with E-state index in [2.05, 4.69) is 50.9 Å². The van der Waals surface area contributed by atoms with E-state index in [0.717, 1.165) is 24.9 Å². The van der Waals surface area contributed by atoms with Gasteiger partial charge in [-0.1, -0.05) is 13.8 Å². The summed E-state index contributed by atoms with van der Waals surface area (Å²) < 4.78 is 0. The van der Waals surface area contributed by atoms with Crippen molar-refractivity contribution in [3.05, 3.63) is 0 Å². The molecule has 3 heteroatoms. The molecule has 1 N–H and O–H groups in total. The molecular formula is C15H29N3. The van der Waals surface area contributed by atoms with E-state index in [9.17, 15) is 5.26 Å². The van der Waals surface area contributed by atoms with Gasteiger partial charge >= 0.3 is 0 Å². The average Bonchev–Trinajstić information content (AvgIpc) is 2.24. The molecule has 0 amide bonds. The lowest BCUT2D eigenvalue weighted by atomic mass is 9.85. The number of nitriles is 1. The molecule has 18 heavy (non-hydrogen) atoms. The normalized spacial score (nSPS) is 33.1. The highest BCUT2D eigenvalue weighted by atomic mass is 15.2. The van der Waals surface area contributed by atoms with Gasteiger partial charge in [-0.15, -0.1) is 0 Å². The number of likely N-dealkylation sites (tertiary alicyclic amines) is 1. The van der Waals surface area contributed by atoms with Gasteiger partial charge in [0.2, 0.25) is 0 Å². The van der Waals surface area contributed by atoms with Crippen molar-refractivity contribution in [2.45, 2.75) is 65.6 Å². The van der Waals surface area contributed by atoms with Crippen LogP contribution in [0.1, 0.15) is 48.0 Å². The van der Waals surface area contributed by atoms with Crippen LogP contribution in [0.25, 0.3) is 0 Å². The minimum Gasteiger partial charge on any atom is -0.297 e. The quantitative estimate of drug-likeness (QED) is 0.835. The summed E-state index contributed by atoms with van der Waals surface area (Å²) in [5.74, 6) is 1.45. The van der Waals surface area contributed by atoms with E-state index in [0.29, 0.717) is 12.1 Å². The van der Waals surface area contributed by atoms with Gasteiger partial charge in [0.25, 0.3) is 0 Å². The molecule has 0 aromatic rings. The van der Waals surface area contributed by atoms with Gasteiger partial charge in [0.1, 0.15) is 5.54 Å². The summed E-state index contributed by atoms with van der Waals surface area (Å²) in [4.78, 5) is 2.48. The van der Waals surface area contributed by atoms with E-state index in [1.54, 1.807) is 0 Å². The molecule has 0 aromatic heterocycles. The van der Waals surface area contributed by atoms with Crippen molar-refractivity contribution in [1.29, 1.82) is 5.26 Å². The summed E-state index contributed by atoms with van der Waals surface area (Å²) in [6.45, 7) is 15.1. The van der Waals surface area contributed by atoms with Crippen LogP contribution in [-0.2, 0) is 0 Å². The van der Waals surface area contributed by atoms with Crippen molar-refractivity contribution < 1.29 is 0 Å². The predicted molar refractivity (Wildman–Crippen MR) is 76.3 cm³/mol. The second kappa shape index (κ2) is 6.04. The fourth-order valence-electron chi connectivity index (χ4n) is 3.20. The van der Waals surface area contributed by atoms with Crippen molar-refractivity contribution in [3.8, 4) is 6.07 Å². The number of hydrogen-bond acceptors (Lipinski definition) is 3. The Morgan fingerprint density at radius 2 is 2.00 bits per heavy atom. The van der Waals surface area contributed by atoms with Crippen LogP contribution in [0.2, 0.25) is 0 Å². The van der Waals surface area contributed by atoms with Crippen LogP contribution in [0.4, 0.5) is 0 Å². The Hall–Kier alpha value is -0.590. The Kier molecular flexibility index (Phi) is 5.19. The molecule has 1 saturated heterocycles. The van der Waals surface area contributed by atoms with Gasteiger partial charge in [-0.3, -0.25) is 10.2 Å². The Bertz CT molecular complexity index is 307. The monoisotopic (exact) mass is 251 g/mol. The van der Waals surface area contributed by atoms with Crippen molar-refractivity contribution in [2.24, 2.45) is 11.8 Å². The molecule has 1 rings (SSSR count). The van der Waals surface area contributed by atoms with E-state index in [1.165, 1.54) is 6.42 Å². The Balaban J connectivity index is 2.71. The van der Waals surface area contributed by atoms with Crippen LogP contribution in [0.5, 0.6) is 0 Å². The molecule has 0 aromatic carbocycles. The van der Waals surface area contributed by atoms with E-state index < -0.39 is 5.54 Å². The van der Waals surface area contributed by atoms with Crippen LogP contribution in [0, 0.1) is 23.2 Å². The first kappa shape index (κ1) is 15.5. The average molecular weight is 251 g/mol. The van der Waals surface area contributed by atoms with E-state index in [-0.39, 0.29) is 0 Å². The molecule has 4 unspecified atom stereocenters. The molecule has 0 spiro atoms. The van der Waals surface area contributed by atoms with Crippen molar-refractivity contribution in [2.75, 3.05) is 13.1 Å². The topological polar surface area (TPSA) is 39.1 Å². The largest absolute Gasteiger partial charge is 0.297 e. The number of rotatable bonds is 4. The molecule has 1 fully saturated rings. The van der Waals surface area contributed by atoms with Gasteiger partial charge in [-0.2, -0.15) is 5.26 Å². The predicted octanol–water partition coefficient (Wildman–Crippen LogP) is 2.63. The van der Waals surface area contributed by atoms with Crippen LogP contribution < -0.4 is 5.32 Å². The standard InChI is InChI=1S/C15H29N3/c1-11(2)17-15(6,9-16)10-18-8-12(3)7-13(4)14(18)5/h11-14,17H,7-8,10H2,1-6H3. The van der Waals surface area contributed by atoms with Gasteiger partial charge in [0.15, 0.2) is 0 Å². The molecule has 3 nitrogen and oxygen atoms in total. The first-order valence-electron chi connectivity index (χ1n) is 7.20. The Labute approximate surface area is 113 Å². The third-order valence-electron chi connectivity index (χ3n) is 4.09. The van der Waals surface area contributed by atoms with E-state index in [4.69, 9.17) is 0 Å². The maximum absolute atomic E-state index is 9.44. The minimum absolute atomic E-state index is 0.338. The van der Waals surface area contributed by atoms with Crippen LogP contribution in [-0.4, -0.2) is 35.6 Å². The first-order valence-corrected chi connectivity index (χ1v) is 7.20. The molecule has 1 aliphatic rings. The lowest BCUT2D eigenvalue weighted by Gasteiger charge is -2.44. The summed E-state index contributed by atoms with van der Waals surface area (Å²) in [6.07, 6.45) is 1.30. The van der Waals surface area contributed by atoms with Crippen molar-refractivity contribution in [1.82, 2.24) is 10.2 Å². The van der Waals surface area contributed by atoms with Gasteiger partial charge < -0.3 is 0 Å². The van der Waals surface area contributed by atoms with Crippen LogP contribution in [0.3, 0.4) is 0 Å². The Morgan fingerprint density at radius 1 is 1.39 bits per heavy atom.